The predicted octanol–water partition coefficient (Wildman–Crippen LogP) is 6.31. The van der Waals surface area contributed by atoms with E-state index in [1.54, 1.807) is 11.1 Å². The van der Waals surface area contributed by atoms with Crippen LogP contribution in [0.2, 0.25) is 0 Å². The molecule has 0 heteroatoms. The van der Waals surface area contributed by atoms with E-state index in [9.17, 15) is 0 Å². The molecule has 0 aliphatic heterocycles. The second kappa shape index (κ2) is 5.92. The Balaban J connectivity index is 2.01. The van der Waals surface area contributed by atoms with Gasteiger partial charge in [-0.2, -0.15) is 0 Å². The maximum atomic E-state index is 2.61. The molecule has 3 unspecified atom stereocenters. The van der Waals surface area contributed by atoms with Gasteiger partial charge in [-0.25, -0.2) is 0 Å². The van der Waals surface area contributed by atoms with Gasteiger partial charge in [0, 0.05) is 0 Å². The molecule has 0 radical (unpaired) electrons. The zero-order chi connectivity index (χ0) is 14.9. The minimum absolute atomic E-state index is 0.462. The van der Waals surface area contributed by atoms with Gasteiger partial charge in [-0.05, 0) is 76.5 Å². The van der Waals surface area contributed by atoms with Crippen LogP contribution in [0.25, 0.3) is 0 Å². The summed E-state index contributed by atoms with van der Waals surface area (Å²) in [7, 11) is 0. The summed E-state index contributed by atoms with van der Waals surface area (Å²) in [5.74, 6) is 2.53. The number of hydrogen-bond donors (Lipinski definition) is 0. The van der Waals surface area contributed by atoms with Crippen LogP contribution in [-0.2, 0) is 0 Å². The van der Waals surface area contributed by atoms with E-state index >= 15 is 0 Å². The third-order valence-electron chi connectivity index (χ3n) is 5.53. The first kappa shape index (κ1) is 15.6. The van der Waals surface area contributed by atoms with Crippen LogP contribution in [0.4, 0.5) is 0 Å². The maximum Gasteiger partial charge on any atom is -0.0140 e. The molecule has 2 aliphatic carbocycles. The molecule has 1 saturated carbocycles. The van der Waals surface area contributed by atoms with Crippen molar-refractivity contribution in [2.75, 3.05) is 0 Å². The lowest BCUT2D eigenvalue weighted by molar-refractivity contribution is -0.0484. The van der Waals surface area contributed by atoms with Crippen LogP contribution in [0.5, 0.6) is 0 Å². The number of hydrogen-bond acceptors (Lipinski definition) is 0. The largest absolute Gasteiger partial charge is 0.0856 e. The van der Waals surface area contributed by atoms with Crippen molar-refractivity contribution in [1.29, 1.82) is 0 Å². The fraction of sp³-hybridized carbons (Fsp3) is 0.700. The Morgan fingerprint density at radius 1 is 1.30 bits per heavy atom. The first-order chi connectivity index (χ1) is 9.32. The van der Waals surface area contributed by atoms with E-state index in [1.165, 1.54) is 31.3 Å². The van der Waals surface area contributed by atoms with Gasteiger partial charge in [0.2, 0.25) is 0 Å². The molecule has 20 heavy (non-hydrogen) atoms. The fourth-order valence-corrected chi connectivity index (χ4v) is 4.23. The highest BCUT2D eigenvalue weighted by Crippen LogP contribution is 2.61. The third kappa shape index (κ3) is 3.10. The van der Waals surface area contributed by atoms with Gasteiger partial charge in [0.15, 0.2) is 0 Å². The van der Waals surface area contributed by atoms with Gasteiger partial charge >= 0.3 is 0 Å². The fourth-order valence-electron chi connectivity index (χ4n) is 4.23. The SMILES string of the molecule is CC(C)=CCC/C(C)=C/C1C2CCC(C)=CC2C1(C)C. The zero-order valence-corrected chi connectivity index (χ0v) is 14.3. The number of rotatable bonds is 4. The molecule has 0 N–H and O–H groups in total. The van der Waals surface area contributed by atoms with Crippen molar-refractivity contribution in [2.45, 2.75) is 67.2 Å². The molecule has 0 saturated heterocycles. The van der Waals surface area contributed by atoms with Crippen molar-refractivity contribution in [3.05, 3.63) is 34.9 Å². The quantitative estimate of drug-likeness (QED) is 0.526. The third-order valence-corrected chi connectivity index (χ3v) is 5.53. The zero-order valence-electron chi connectivity index (χ0n) is 14.3. The minimum Gasteiger partial charge on any atom is -0.0856 e. The monoisotopic (exact) mass is 272 g/mol. The van der Waals surface area contributed by atoms with Gasteiger partial charge in [-0.15, -0.1) is 0 Å². The Morgan fingerprint density at radius 3 is 2.65 bits per heavy atom. The smallest absolute Gasteiger partial charge is 0.0140 e. The van der Waals surface area contributed by atoms with E-state index in [2.05, 4.69) is 59.8 Å². The van der Waals surface area contributed by atoms with Crippen LogP contribution in [0, 0.1) is 23.2 Å². The lowest BCUT2D eigenvalue weighted by Gasteiger charge is -2.59. The Bertz CT molecular complexity index is 441. The van der Waals surface area contributed by atoms with Crippen molar-refractivity contribution in [3.8, 4) is 0 Å². The number of allylic oxidation sites excluding steroid dienone is 6. The Morgan fingerprint density at radius 2 is 2.00 bits per heavy atom. The molecule has 0 nitrogen and oxygen atoms in total. The first-order valence-electron chi connectivity index (χ1n) is 8.30. The van der Waals surface area contributed by atoms with Crippen LogP contribution in [0.1, 0.15) is 67.2 Å². The van der Waals surface area contributed by atoms with Crippen LogP contribution in [0.3, 0.4) is 0 Å². The minimum atomic E-state index is 0.462. The highest BCUT2D eigenvalue weighted by atomic mass is 14.6. The molecule has 0 aromatic heterocycles. The van der Waals surface area contributed by atoms with E-state index in [-0.39, 0.29) is 0 Å². The van der Waals surface area contributed by atoms with Gasteiger partial charge in [-0.3, -0.25) is 0 Å². The summed E-state index contributed by atoms with van der Waals surface area (Å²) < 4.78 is 0. The molecule has 2 aliphatic rings. The van der Waals surface area contributed by atoms with Crippen LogP contribution < -0.4 is 0 Å². The molecular formula is C20H32. The van der Waals surface area contributed by atoms with E-state index < -0.39 is 0 Å². The van der Waals surface area contributed by atoms with Gasteiger partial charge in [0.05, 0.1) is 0 Å². The normalized spacial score (nSPS) is 32.0. The molecule has 0 spiro atoms. The lowest BCUT2D eigenvalue weighted by Crippen LogP contribution is -2.53. The standard InChI is InChI=1S/C20H32/c1-14(2)8-7-9-15(3)12-18-17-11-10-16(4)13-19(17)20(18,5)6/h8,12-13,17-19H,7,9-11H2,1-6H3/b15-12+. The van der Waals surface area contributed by atoms with Crippen LogP contribution in [-0.4, -0.2) is 0 Å². The summed E-state index contributed by atoms with van der Waals surface area (Å²) in [5.41, 5.74) is 5.10. The van der Waals surface area contributed by atoms with E-state index in [1.807, 2.05) is 0 Å². The average molecular weight is 272 g/mol. The predicted molar refractivity (Wildman–Crippen MR) is 89.7 cm³/mol. The summed E-state index contributed by atoms with van der Waals surface area (Å²) >= 11 is 0. The van der Waals surface area contributed by atoms with E-state index in [4.69, 9.17) is 0 Å². The van der Waals surface area contributed by atoms with E-state index in [0.717, 1.165) is 17.8 Å². The van der Waals surface area contributed by atoms with Gasteiger partial charge in [0.25, 0.3) is 0 Å². The van der Waals surface area contributed by atoms with Crippen molar-refractivity contribution in [3.63, 3.8) is 0 Å². The van der Waals surface area contributed by atoms with Crippen LogP contribution in [0.15, 0.2) is 34.9 Å². The molecule has 0 amide bonds. The molecule has 2 rings (SSSR count). The molecular weight excluding hydrogens is 240 g/mol. The van der Waals surface area contributed by atoms with Gasteiger partial charge < -0.3 is 0 Å². The first-order valence-corrected chi connectivity index (χ1v) is 8.30. The van der Waals surface area contributed by atoms with Gasteiger partial charge in [0.1, 0.15) is 0 Å². The molecule has 0 bridgehead atoms. The molecule has 112 valence electrons. The van der Waals surface area contributed by atoms with Crippen molar-refractivity contribution in [2.24, 2.45) is 23.2 Å². The summed E-state index contributed by atoms with van der Waals surface area (Å²) in [6, 6.07) is 0. The second-order valence-corrected chi connectivity index (χ2v) is 7.92. The summed E-state index contributed by atoms with van der Waals surface area (Å²) in [6.45, 7) is 13.9. The summed E-state index contributed by atoms with van der Waals surface area (Å²) in [4.78, 5) is 0. The highest BCUT2D eigenvalue weighted by molar-refractivity contribution is 5.23. The molecule has 1 fully saturated rings. The van der Waals surface area contributed by atoms with Crippen molar-refractivity contribution < 1.29 is 0 Å². The number of fused-ring (bicyclic) bond motifs is 1. The summed E-state index contributed by atoms with van der Waals surface area (Å²) in [6.07, 6.45) is 12.7. The van der Waals surface area contributed by atoms with Crippen LogP contribution >= 0.6 is 0 Å². The second-order valence-electron chi connectivity index (χ2n) is 7.92. The Hall–Kier alpha value is -0.780. The maximum absolute atomic E-state index is 2.61. The Labute approximate surface area is 126 Å². The summed E-state index contributed by atoms with van der Waals surface area (Å²) in [5, 5.41) is 0. The van der Waals surface area contributed by atoms with E-state index in [0.29, 0.717) is 5.41 Å². The Kier molecular flexibility index (Phi) is 4.62. The van der Waals surface area contributed by atoms with Gasteiger partial charge in [-0.1, -0.05) is 48.8 Å². The topological polar surface area (TPSA) is 0 Å². The highest BCUT2D eigenvalue weighted by Gasteiger charge is 2.54. The average Bonchev–Trinajstić information content (AvgIpc) is 2.36. The van der Waals surface area contributed by atoms with Crippen molar-refractivity contribution in [1.82, 2.24) is 0 Å². The molecule has 0 aromatic carbocycles. The molecule has 0 aromatic rings. The lowest BCUT2D eigenvalue weighted by atomic mass is 9.45. The molecule has 0 heterocycles. The van der Waals surface area contributed by atoms with Crippen molar-refractivity contribution >= 4 is 0 Å². The molecule has 3 atom stereocenters.